The molecule has 2 unspecified atom stereocenters. The Morgan fingerprint density at radius 1 is 1.25 bits per heavy atom. The summed E-state index contributed by atoms with van der Waals surface area (Å²) in [4.78, 5) is 27.5. The molecule has 0 spiro atoms. The molecule has 1 aromatic rings. The number of carbonyl (C=O) groups excluding carboxylic acids is 2. The third-order valence-corrected chi connectivity index (χ3v) is 3.81. The molecule has 1 aromatic heterocycles. The highest BCUT2D eigenvalue weighted by Gasteiger charge is 2.22. The Bertz CT molecular complexity index is 461. The average Bonchev–Trinajstić information content (AvgIpc) is 2.48. The second kappa shape index (κ2) is 7.03. The molecule has 1 aliphatic carbocycles. The second-order valence-electron chi connectivity index (χ2n) is 5.35. The molecule has 5 heteroatoms. The van der Waals surface area contributed by atoms with E-state index in [4.69, 9.17) is 0 Å². The Labute approximate surface area is 119 Å². The van der Waals surface area contributed by atoms with Gasteiger partial charge in [0.2, 0.25) is 5.91 Å². The third-order valence-electron chi connectivity index (χ3n) is 3.81. The number of carbonyl (C=O) groups is 2. The van der Waals surface area contributed by atoms with Gasteiger partial charge in [-0.2, -0.15) is 0 Å². The summed E-state index contributed by atoms with van der Waals surface area (Å²) in [5.74, 6) is 0.147. The van der Waals surface area contributed by atoms with E-state index in [1.165, 1.54) is 12.8 Å². The predicted octanol–water partition coefficient (Wildman–Crippen LogP) is 1.51. The van der Waals surface area contributed by atoms with Gasteiger partial charge in [-0.3, -0.25) is 14.6 Å². The van der Waals surface area contributed by atoms with Crippen molar-refractivity contribution in [2.45, 2.75) is 38.6 Å². The van der Waals surface area contributed by atoms with Gasteiger partial charge in [-0.05, 0) is 30.9 Å². The van der Waals surface area contributed by atoms with Crippen LogP contribution in [0.25, 0.3) is 0 Å². The molecule has 108 valence electrons. The summed E-state index contributed by atoms with van der Waals surface area (Å²) < 4.78 is 0. The summed E-state index contributed by atoms with van der Waals surface area (Å²) in [6.45, 7) is 2.18. The number of pyridine rings is 1. The van der Waals surface area contributed by atoms with Gasteiger partial charge in [-0.15, -0.1) is 0 Å². The lowest BCUT2D eigenvalue weighted by molar-refractivity contribution is -0.121. The fraction of sp³-hybridized carbons (Fsp3) is 0.533. The van der Waals surface area contributed by atoms with Crippen molar-refractivity contribution in [1.82, 2.24) is 15.6 Å². The largest absolute Gasteiger partial charge is 0.352 e. The fourth-order valence-electron chi connectivity index (χ4n) is 2.55. The number of aromatic nitrogens is 1. The number of amides is 2. The zero-order valence-corrected chi connectivity index (χ0v) is 11.8. The summed E-state index contributed by atoms with van der Waals surface area (Å²) in [5.41, 5.74) is 0.513. The molecule has 1 heterocycles. The third kappa shape index (κ3) is 4.05. The average molecular weight is 275 g/mol. The molecule has 1 fully saturated rings. The van der Waals surface area contributed by atoms with Crippen LogP contribution >= 0.6 is 0 Å². The molecular formula is C15H21N3O2. The van der Waals surface area contributed by atoms with E-state index < -0.39 is 0 Å². The quantitative estimate of drug-likeness (QED) is 0.875. The smallest absolute Gasteiger partial charge is 0.251 e. The lowest BCUT2D eigenvalue weighted by Crippen LogP contribution is -2.45. The molecule has 5 nitrogen and oxygen atoms in total. The van der Waals surface area contributed by atoms with Crippen LogP contribution in [0.4, 0.5) is 0 Å². The van der Waals surface area contributed by atoms with Crippen LogP contribution in [0, 0.1) is 5.92 Å². The maximum absolute atomic E-state index is 11.9. The van der Waals surface area contributed by atoms with E-state index in [1.54, 1.807) is 24.5 Å². The van der Waals surface area contributed by atoms with Crippen LogP contribution in [-0.2, 0) is 4.79 Å². The summed E-state index contributed by atoms with van der Waals surface area (Å²) in [5, 5.41) is 5.63. The van der Waals surface area contributed by atoms with E-state index in [2.05, 4.69) is 22.5 Å². The number of rotatable bonds is 4. The fourth-order valence-corrected chi connectivity index (χ4v) is 2.55. The first kappa shape index (κ1) is 14.5. The molecule has 1 aliphatic rings. The minimum atomic E-state index is -0.251. The van der Waals surface area contributed by atoms with Gasteiger partial charge in [-0.25, -0.2) is 0 Å². The molecule has 1 saturated carbocycles. The van der Waals surface area contributed by atoms with E-state index in [0.717, 1.165) is 12.8 Å². The first-order chi connectivity index (χ1) is 9.66. The maximum atomic E-state index is 11.9. The molecule has 0 aliphatic heterocycles. The van der Waals surface area contributed by atoms with Crippen LogP contribution in [0.15, 0.2) is 24.5 Å². The van der Waals surface area contributed by atoms with Gasteiger partial charge in [0.1, 0.15) is 0 Å². The molecule has 0 aromatic carbocycles. The van der Waals surface area contributed by atoms with Crippen molar-refractivity contribution in [1.29, 1.82) is 0 Å². The van der Waals surface area contributed by atoms with E-state index in [0.29, 0.717) is 11.5 Å². The number of nitrogens with one attached hydrogen (secondary N) is 2. The van der Waals surface area contributed by atoms with E-state index >= 15 is 0 Å². The van der Waals surface area contributed by atoms with Crippen LogP contribution in [0.1, 0.15) is 43.0 Å². The Balaban J connectivity index is 1.76. The van der Waals surface area contributed by atoms with Crippen molar-refractivity contribution >= 4 is 11.8 Å². The Hall–Kier alpha value is -1.91. The molecule has 2 N–H and O–H groups in total. The van der Waals surface area contributed by atoms with Crippen molar-refractivity contribution in [3.05, 3.63) is 30.1 Å². The standard InChI is InChI=1S/C15H21N3O2/c1-11-4-2-3-5-13(11)18-14(19)10-17-15(20)12-6-8-16-9-7-12/h6-9,11,13H,2-5,10H2,1H3,(H,17,20)(H,18,19). The Morgan fingerprint density at radius 3 is 2.65 bits per heavy atom. The molecule has 0 saturated heterocycles. The predicted molar refractivity (Wildman–Crippen MR) is 76.1 cm³/mol. The first-order valence-corrected chi connectivity index (χ1v) is 7.14. The monoisotopic (exact) mass is 275 g/mol. The van der Waals surface area contributed by atoms with Crippen LogP contribution in [0.2, 0.25) is 0 Å². The highest BCUT2D eigenvalue weighted by molar-refractivity contribution is 5.96. The second-order valence-corrected chi connectivity index (χ2v) is 5.35. The molecule has 0 radical (unpaired) electrons. The van der Waals surface area contributed by atoms with Gasteiger partial charge < -0.3 is 10.6 Å². The van der Waals surface area contributed by atoms with Crippen molar-refractivity contribution < 1.29 is 9.59 Å². The molecular weight excluding hydrogens is 254 g/mol. The van der Waals surface area contributed by atoms with Crippen LogP contribution < -0.4 is 10.6 Å². The van der Waals surface area contributed by atoms with E-state index in [-0.39, 0.29) is 24.4 Å². The van der Waals surface area contributed by atoms with Gasteiger partial charge in [0, 0.05) is 24.0 Å². The van der Waals surface area contributed by atoms with Crippen molar-refractivity contribution in [3.8, 4) is 0 Å². The molecule has 2 atom stereocenters. The number of hydrogen-bond acceptors (Lipinski definition) is 3. The normalized spacial score (nSPS) is 22.1. The first-order valence-electron chi connectivity index (χ1n) is 7.14. The van der Waals surface area contributed by atoms with E-state index in [1.807, 2.05) is 0 Å². The van der Waals surface area contributed by atoms with Crippen molar-refractivity contribution in [2.75, 3.05) is 6.54 Å². The molecule has 2 amide bonds. The van der Waals surface area contributed by atoms with Crippen LogP contribution in [-0.4, -0.2) is 29.4 Å². The lowest BCUT2D eigenvalue weighted by Gasteiger charge is -2.29. The summed E-state index contributed by atoms with van der Waals surface area (Å²) in [6, 6.07) is 3.49. The highest BCUT2D eigenvalue weighted by atomic mass is 16.2. The maximum Gasteiger partial charge on any atom is 0.251 e. The minimum Gasteiger partial charge on any atom is -0.352 e. The summed E-state index contributed by atoms with van der Waals surface area (Å²) in [7, 11) is 0. The van der Waals surface area contributed by atoms with Crippen molar-refractivity contribution in [2.24, 2.45) is 5.92 Å². The van der Waals surface area contributed by atoms with Crippen molar-refractivity contribution in [3.63, 3.8) is 0 Å². The molecule has 2 rings (SSSR count). The van der Waals surface area contributed by atoms with Gasteiger partial charge in [0.25, 0.3) is 5.91 Å². The SMILES string of the molecule is CC1CCCCC1NC(=O)CNC(=O)c1ccncc1. The van der Waals surface area contributed by atoms with Crippen LogP contribution in [0.5, 0.6) is 0 Å². The van der Waals surface area contributed by atoms with Gasteiger partial charge in [0.05, 0.1) is 6.54 Å². The van der Waals surface area contributed by atoms with Gasteiger partial charge in [-0.1, -0.05) is 19.8 Å². The highest BCUT2D eigenvalue weighted by Crippen LogP contribution is 2.23. The lowest BCUT2D eigenvalue weighted by atomic mass is 9.86. The molecule has 0 bridgehead atoms. The van der Waals surface area contributed by atoms with Gasteiger partial charge >= 0.3 is 0 Å². The summed E-state index contributed by atoms with van der Waals surface area (Å²) in [6.07, 6.45) is 7.71. The Morgan fingerprint density at radius 2 is 1.95 bits per heavy atom. The Kier molecular flexibility index (Phi) is 5.09. The van der Waals surface area contributed by atoms with Crippen LogP contribution in [0.3, 0.4) is 0 Å². The zero-order chi connectivity index (χ0) is 14.4. The van der Waals surface area contributed by atoms with E-state index in [9.17, 15) is 9.59 Å². The topological polar surface area (TPSA) is 71.1 Å². The molecule has 20 heavy (non-hydrogen) atoms. The van der Waals surface area contributed by atoms with Gasteiger partial charge in [0.15, 0.2) is 0 Å². The minimum absolute atomic E-state index is 0.0182. The number of hydrogen-bond donors (Lipinski definition) is 2. The zero-order valence-electron chi connectivity index (χ0n) is 11.8. The summed E-state index contributed by atoms with van der Waals surface area (Å²) >= 11 is 0. The number of nitrogens with zero attached hydrogens (tertiary/aromatic N) is 1.